The van der Waals surface area contributed by atoms with E-state index in [0.29, 0.717) is 49.5 Å². The number of aryl methyl sites for hydroxylation is 1. The largest absolute Gasteiger partial charge is 0.336 e. The first-order valence-electron chi connectivity index (χ1n) is 6.84. The Bertz CT molecular complexity index is 831. The topological polar surface area (TPSA) is 103 Å². The zero-order chi connectivity index (χ0) is 15.7. The molecular formula is C13H15N5O3S. The molecule has 0 radical (unpaired) electrons. The molecule has 1 aliphatic heterocycles. The van der Waals surface area contributed by atoms with E-state index < -0.39 is 10.0 Å². The highest BCUT2D eigenvalue weighted by atomic mass is 32.2. The third-order valence-corrected chi connectivity index (χ3v) is 5.61. The van der Waals surface area contributed by atoms with E-state index >= 15 is 0 Å². The van der Waals surface area contributed by atoms with Crippen molar-refractivity contribution in [1.82, 2.24) is 19.3 Å². The maximum absolute atomic E-state index is 12.7. The van der Waals surface area contributed by atoms with Gasteiger partial charge >= 0.3 is 0 Å². The van der Waals surface area contributed by atoms with Gasteiger partial charge in [-0.2, -0.15) is 9.57 Å². The fourth-order valence-corrected chi connectivity index (χ4v) is 3.84. The fourth-order valence-electron chi connectivity index (χ4n) is 2.44. The van der Waals surface area contributed by atoms with Crippen LogP contribution < -0.4 is 0 Å². The fraction of sp³-hybridized carbons (Fsp3) is 0.462. The number of fused-ring (bicyclic) bond motifs is 1. The van der Waals surface area contributed by atoms with E-state index in [1.54, 1.807) is 13.0 Å². The van der Waals surface area contributed by atoms with Gasteiger partial charge in [-0.15, -0.1) is 0 Å². The van der Waals surface area contributed by atoms with Gasteiger partial charge in [0.05, 0.1) is 29.9 Å². The molecule has 0 amide bonds. The van der Waals surface area contributed by atoms with Crippen LogP contribution in [0.1, 0.15) is 5.69 Å². The van der Waals surface area contributed by atoms with Crippen molar-refractivity contribution in [3.8, 4) is 6.07 Å². The molecule has 1 aliphatic rings. The highest BCUT2D eigenvalue weighted by Crippen LogP contribution is 2.22. The predicted octanol–water partition coefficient (Wildman–Crippen LogP) is 0.361. The van der Waals surface area contributed by atoms with Gasteiger partial charge in [0.2, 0.25) is 10.0 Å². The number of aromatic nitrogens is 2. The highest BCUT2D eigenvalue weighted by molar-refractivity contribution is 7.89. The second-order valence-electron chi connectivity index (χ2n) is 5.13. The van der Waals surface area contributed by atoms with E-state index in [1.165, 1.54) is 10.5 Å². The number of rotatable bonds is 3. The quantitative estimate of drug-likeness (QED) is 0.752. The lowest BCUT2D eigenvalue weighted by Crippen LogP contribution is -2.48. The van der Waals surface area contributed by atoms with Gasteiger partial charge in [-0.1, -0.05) is 5.16 Å². The van der Waals surface area contributed by atoms with Gasteiger partial charge in [0.25, 0.3) is 5.71 Å². The molecule has 0 unspecified atom stereocenters. The minimum absolute atomic E-state index is 0.139. The van der Waals surface area contributed by atoms with Crippen LogP contribution in [0.3, 0.4) is 0 Å². The van der Waals surface area contributed by atoms with Gasteiger partial charge < -0.3 is 4.52 Å². The molecule has 116 valence electrons. The Morgan fingerprint density at radius 3 is 2.77 bits per heavy atom. The van der Waals surface area contributed by atoms with Crippen molar-refractivity contribution in [1.29, 1.82) is 5.26 Å². The van der Waals surface area contributed by atoms with E-state index in [4.69, 9.17) is 9.78 Å². The van der Waals surface area contributed by atoms with Gasteiger partial charge in [-0.3, -0.25) is 4.90 Å². The second kappa shape index (κ2) is 5.64. The zero-order valence-corrected chi connectivity index (χ0v) is 12.9. The third-order valence-electron chi connectivity index (χ3n) is 3.75. The molecule has 0 atom stereocenters. The summed E-state index contributed by atoms with van der Waals surface area (Å²) in [5.74, 6) is 0. The average molecular weight is 321 g/mol. The molecule has 1 saturated heterocycles. The molecule has 3 heterocycles. The Hall–Kier alpha value is -2.02. The van der Waals surface area contributed by atoms with Crippen LogP contribution in [0.25, 0.3) is 11.1 Å². The molecule has 0 aliphatic carbocycles. The standard InChI is InChI=1S/C13H15N5O3S/c1-10-12-8-11(9-15-13(12)21-16-10)22(19,20)18-6-4-17(3-2-14)5-7-18/h8-9H,3-7H2,1H3. The first kappa shape index (κ1) is 14.9. The average Bonchev–Trinajstić information content (AvgIpc) is 2.89. The Labute approximate surface area is 128 Å². The molecule has 22 heavy (non-hydrogen) atoms. The van der Waals surface area contributed by atoms with Crippen LogP contribution >= 0.6 is 0 Å². The third kappa shape index (κ3) is 2.56. The smallest absolute Gasteiger partial charge is 0.257 e. The lowest BCUT2D eigenvalue weighted by Gasteiger charge is -2.32. The number of hydrogen-bond donors (Lipinski definition) is 0. The van der Waals surface area contributed by atoms with E-state index in [9.17, 15) is 8.42 Å². The van der Waals surface area contributed by atoms with Crippen molar-refractivity contribution in [2.24, 2.45) is 0 Å². The molecule has 0 spiro atoms. The monoisotopic (exact) mass is 321 g/mol. The lowest BCUT2D eigenvalue weighted by molar-refractivity contribution is 0.206. The summed E-state index contributed by atoms with van der Waals surface area (Å²) in [6, 6.07) is 3.62. The van der Waals surface area contributed by atoms with Crippen LogP contribution in [0.4, 0.5) is 0 Å². The molecule has 0 N–H and O–H groups in total. The highest BCUT2D eigenvalue weighted by Gasteiger charge is 2.29. The molecular weight excluding hydrogens is 306 g/mol. The van der Waals surface area contributed by atoms with Crippen LogP contribution in [0.2, 0.25) is 0 Å². The van der Waals surface area contributed by atoms with Crippen molar-refractivity contribution in [2.75, 3.05) is 32.7 Å². The zero-order valence-electron chi connectivity index (χ0n) is 12.1. The van der Waals surface area contributed by atoms with Gasteiger partial charge in [-0.05, 0) is 13.0 Å². The number of hydrogen-bond acceptors (Lipinski definition) is 7. The summed E-state index contributed by atoms with van der Waals surface area (Å²) in [5.41, 5.74) is 0.939. The van der Waals surface area contributed by atoms with Crippen LogP contribution in [0.15, 0.2) is 21.7 Å². The summed E-state index contributed by atoms with van der Waals surface area (Å²) in [5, 5.41) is 13.1. The molecule has 0 saturated carbocycles. The Kier molecular flexibility index (Phi) is 3.82. The van der Waals surface area contributed by atoms with Gasteiger partial charge in [-0.25, -0.2) is 13.4 Å². The number of nitriles is 1. The molecule has 8 nitrogen and oxygen atoms in total. The van der Waals surface area contributed by atoms with Crippen LogP contribution in [0, 0.1) is 18.3 Å². The lowest BCUT2D eigenvalue weighted by atomic mass is 10.3. The normalized spacial score (nSPS) is 17.6. The van der Waals surface area contributed by atoms with E-state index in [2.05, 4.69) is 16.2 Å². The molecule has 2 aromatic rings. The van der Waals surface area contributed by atoms with Gasteiger partial charge in [0.1, 0.15) is 4.90 Å². The molecule has 3 rings (SSSR count). The Morgan fingerprint density at radius 1 is 1.36 bits per heavy atom. The first-order chi connectivity index (χ1) is 10.5. The maximum Gasteiger partial charge on any atom is 0.257 e. The number of piperazine rings is 1. The molecule has 9 heteroatoms. The van der Waals surface area contributed by atoms with Crippen molar-refractivity contribution in [2.45, 2.75) is 11.8 Å². The van der Waals surface area contributed by atoms with Crippen molar-refractivity contribution in [3.63, 3.8) is 0 Å². The predicted molar refractivity (Wildman–Crippen MR) is 77.4 cm³/mol. The minimum Gasteiger partial charge on any atom is -0.336 e. The van der Waals surface area contributed by atoms with E-state index in [1.807, 2.05) is 4.90 Å². The summed E-state index contributed by atoms with van der Waals surface area (Å²) < 4.78 is 31.8. The first-order valence-corrected chi connectivity index (χ1v) is 8.28. The van der Waals surface area contributed by atoms with Crippen LogP contribution in [-0.2, 0) is 10.0 Å². The number of sulfonamides is 1. The van der Waals surface area contributed by atoms with E-state index in [-0.39, 0.29) is 4.90 Å². The van der Waals surface area contributed by atoms with Gasteiger partial charge in [0, 0.05) is 26.2 Å². The Morgan fingerprint density at radius 2 is 2.09 bits per heavy atom. The molecule has 1 fully saturated rings. The molecule has 2 aromatic heterocycles. The van der Waals surface area contributed by atoms with Gasteiger partial charge in [0.15, 0.2) is 0 Å². The summed E-state index contributed by atoms with van der Waals surface area (Å²) in [6.45, 7) is 3.89. The maximum atomic E-state index is 12.7. The summed E-state index contributed by atoms with van der Waals surface area (Å²) in [6.07, 6.45) is 1.30. The van der Waals surface area contributed by atoms with E-state index in [0.717, 1.165) is 0 Å². The van der Waals surface area contributed by atoms with Crippen molar-refractivity contribution < 1.29 is 12.9 Å². The van der Waals surface area contributed by atoms with Crippen LogP contribution in [0.5, 0.6) is 0 Å². The SMILES string of the molecule is Cc1noc2ncc(S(=O)(=O)N3CCN(CC#N)CC3)cc12. The Balaban J connectivity index is 1.86. The summed E-state index contributed by atoms with van der Waals surface area (Å²) in [7, 11) is -3.59. The van der Waals surface area contributed by atoms with Crippen LogP contribution in [-0.4, -0.2) is 60.5 Å². The second-order valence-corrected chi connectivity index (χ2v) is 7.07. The molecule has 0 aromatic carbocycles. The minimum atomic E-state index is -3.59. The number of nitrogens with zero attached hydrogens (tertiary/aromatic N) is 5. The van der Waals surface area contributed by atoms with Crippen molar-refractivity contribution in [3.05, 3.63) is 18.0 Å². The summed E-state index contributed by atoms with van der Waals surface area (Å²) >= 11 is 0. The number of pyridine rings is 1. The summed E-state index contributed by atoms with van der Waals surface area (Å²) in [4.78, 5) is 6.09. The van der Waals surface area contributed by atoms with Crippen molar-refractivity contribution >= 4 is 21.1 Å². The molecule has 0 bridgehead atoms.